The molecule has 160 valence electrons. The summed E-state index contributed by atoms with van der Waals surface area (Å²) in [7, 11) is 3.26. The molecule has 1 aromatic carbocycles. The van der Waals surface area contributed by atoms with Crippen LogP contribution in [0.3, 0.4) is 0 Å². The Morgan fingerprint density at radius 2 is 1.81 bits per heavy atom. The minimum absolute atomic E-state index is 0.215. The lowest BCUT2D eigenvalue weighted by atomic mass is 10.00. The van der Waals surface area contributed by atoms with Crippen LogP contribution in [-0.4, -0.2) is 46.6 Å². The fourth-order valence-electron chi connectivity index (χ4n) is 2.70. The summed E-state index contributed by atoms with van der Waals surface area (Å²) in [6, 6.07) is 11.3. The van der Waals surface area contributed by atoms with Crippen molar-refractivity contribution in [3.05, 3.63) is 66.2 Å². The van der Waals surface area contributed by atoms with E-state index in [1.54, 1.807) is 44.6 Å². The number of hydrogen-bond donors (Lipinski definition) is 4. The first kappa shape index (κ1) is 21.9. The van der Waals surface area contributed by atoms with E-state index in [1.165, 1.54) is 29.4 Å². The first-order valence-electron chi connectivity index (χ1n) is 9.38. The number of hydrogen-bond acceptors (Lipinski definition) is 7. The number of nitrogens with one attached hydrogen (secondary N) is 3. The van der Waals surface area contributed by atoms with E-state index in [-0.39, 0.29) is 28.7 Å². The predicted molar refractivity (Wildman–Crippen MR) is 121 cm³/mol. The molecule has 0 saturated heterocycles. The highest BCUT2D eigenvalue weighted by Crippen LogP contribution is 2.26. The number of nitrogens with zero attached hydrogens (tertiary/aromatic N) is 4. The third-order valence-electron chi connectivity index (χ3n) is 4.41. The highest BCUT2D eigenvalue weighted by Gasteiger charge is 2.17. The van der Waals surface area contributed by atoms with Crippen molar-refractivity contribution in [1.82, 2.24) is 14.9 Å². The highest BCUT2D eigenvalue weighted by atomic mass is 16.2. The largest absolute Gasteiger partial charge is 0.398 e. The van der Waals surface area contributed by atoms with Gasteiger partial charge in [-0.1, -0.05) is 6.07 Å². The average molecular weight is 428 g/mol. The molecule has 0 aliphatic heterocycles. The van der Waals surface area contributed by atoms with Crippen LogP contribution in [0.25, 0.3) is 11.1 Å². The molecule has 3 amide bonds. The Kier molecular flexibility index (Phi) is 6.41. The van der Waals surface area contributed by atoms with Crippen molar-refractivity contribution in [2.45, 2.75) is 0 Å². The second-order valence-electron chi connectivity index (χ2n) is 6.96. The summed E-state index contributed by atoms with van der Waals surface area (Å²) in [5, 5.41) is 22.4. The molecule has 5 N–H and O–H groups in total. The maximum absolute atomic E-state index is 12.6. The number of nitrogen functional groups attached to an aromatic ring is 1. The van der Waals surface area contributed by atoms with Crippen LogP contribution in [0.5, 0.6) is 0 Å². The molecule has 2 heterocycles. The molecule has 0 aliphatic rings. The van der Waals surface area contributed by atoms with Crippen LogP contribution in [0.4, 0.5) is 21.9 Å². The molecule has 10 nitrogen and oxygen atoms in total. The van der Waals surface area contributed by atoms with Crippen LogP contribution in [-0.2, 0) is 4.79 Å². The SMILES string of the molecule is CN(C)C(=O)Nc1cncc(-c2ccc(N)c(C(=N)C(=O)Nc3ccc(C#N)nc3)c2)c1. The first-order valence-corrected chi connectivity index (χ1v) is 9.38. The van der Waals surface area contributed by atoms with Crippen LogP contribution in [0.1, 0.15) is 11.3 Å². The number of pyridine rings is 2. The number of rotatable bonds is 5. The summed E-state index contributed by atoms with van der Waals surface area (Å²) in [5.74, 6) is -0.675. The molecular formula is C22H20N8O2. The van der Waals surface area contributed by atoms with Crippen LogP contribution >= 0.6 is 0 Å². The molecule has 0 unspecified atom stereocenters. The minimum Gasteiger partial charge on any atom is -0.398 e. The molecule has 3 aromatic rings. The summed E-state index contributed by atoms with van der Waals surface area (Å²) in [5.41, 5.74) is 8.59. The zero-order chi connectivity index (χ0) is 23.3. The van der Waals surface area contributed by atoms with Gasteiger partial charge in [0.15, 0.2) is 0 Å². The minimum atomic E-state index is -0.675. The number of urea groups is 1. The van der Waals surface area contributed by atoms with Gasteiger partial charge in [0.25, 0.3) is 5.91 Å². The van der Waals surface area contributed by atoms with Crippen molar-refractivity contribution < 1.29 is 9.59 Å². The van der Waals surface area contributed by atoms with Gasteiger partial charge in [-0.05, 0) is 35.9 Å². The van der Waals surface area contributed by atoms with Crippen molar-refractivity contribution in [2.75, 3.05) is 30.5 Å². The van der Waals surface area contributed by atoms with Crippen LogP contribution in [0.2, 0.25) is 0 Å². The van der Waals surface area contributed by atoms with E-state index >= 15 is 0 Å². The van der Waals surface area contributed by atoms with Crippen molar-refractivity contribution in [3.63, 3.8) is 0 Å². The normalized spacial score (nSPS) is 10.0. The number of nitrogens with two attached hydrogens (primary N) is 1. The Labute approximate surface area is 184 Å². The molecule has 0 spiro atoms. The number of aromatic nitrogens is 2. The maximum atomic E-state index is 12.6. The second kappa shape index (κ2) is 9.36. The summed E-state index contributed by atoms with van der Waals surface area (Å²) < 4.78 is 0. The van der Waals surface area contributed by atoms with Crippen molar-refractivity contribution >= 4 is 34.7 Å². The second-order valence-corrected chi connectivity index (χ2v) is 6.96. The van der Waals surface area contributed by atoms with Gasteiger partial charge in [-0.15, -0.1) is 0 Å². The van der Waals surface area contributed by atoms with E-state index in [0.29, 0.717) is 22.5 Å². The van der Waals surface area contributed by atoms with Gasteiger partial charge >= 0.3 is 6.03 Å². The lowest BCUT2D eigenvalue weighted by molar-refractivity contribution is -0.110. The van der Waals surface area contributed by atoms with Gasteiger partial charge in [0.2, 0.25) is 0 Å². The van der Waals surface area contributed by atoms with Gasteiger partial charge in [0.05, 0.1) is 23.8 Å². The molecule has 0 radical (unpaired) electrons. The van der Waals surface area contributed by atoms with E-state index < -0.39 is 5.91 Å². The zero-order valence-corrected chi connectivity index (χ0v) is 17.4. The van der Waals surface area contributed by atoms with E-state index in [1.807, 2.05) is 6.07 Å². The van der Waals surface area contributed by atoms with Gasteiger partial charge in [-0.2, -0.15) is 5.26 Å². The fraction of sp³-hybridized carbons (Fsp3) is 0.0909. The van der Waals surface area contributed by atoms with Crippen LogP contribution < -0.4 is 16.4 Å². The summed E-state index contributed by atoms with van der Waals surface area (Å²) in [6.45, 7) is 0. The Morgan fingerprint density at radius 1 is 1.03 bits per heavy atom. The predicted octanol–water partition coefficient (Wildman–Crippen LogP) is 2.70. The Hall–Kier alpha value is -4.78. The number of benzene rings is 1. The van der Waals surface area contributed by atoms with E-state index in [0.717, 1.165) is 0 Å². The number of amides is 3. The summed E-state index contributed by atoms with van der Waals surface area (Å²) in [6.07, 6.45) is 4.46. The number of nitriles is 1. The number of carbonyl (C=O) groups is 2. The van der Waals surface area contributed by atoms with Crippen LogP contribution in [0.15, 0.2) is 55.0 Å². The Bertz CT molecular complexity index is 1230. The number of anilines is 3. The molecule has 0 aliphatic carbocycles. The van der Waals surface area contributed by atoms with Gasteiger partial charge in [0.1, 0.15) is 17.5 Å². The van der Waals surface area contributed by atoms with Gasteiger partial charge < -0.3 is 21.3 Å². The smallest absolute Gasteiger partial charge is 0.321 e. The average Bonchev–Trinajstić information content (AvgIpc) is 2.79. The quantitative estimate of drug-likeness (QED) is 0.361. The van der Waals surface area contributed by atoms with E-state index in [9.17, 15) is 9.59 Å². The molecule has 0 fully saturated rings. The monoisotopic (exact) mass is 428 g/mol. The van der Waals surface area contributed by atoms with Crippen molar-refractivity contribution in [1.29, 1.82) is 10.7 Å². The molecule has 2 aromatic heterocycles. The first-order chi connectivity index (χ1) is 15.3. The molecular weight excluding hydrogens is 408 g/mol. The Balaban J connectivity index is 1.83. The third kappa shape index (κ3) is 5.03. The standard InChI is InChI=1S/C22H20N8O2/c1-30(2)22(32)29-17-7-14(10-26-11-17)13-3-6-19(24)18(8-13)20(25)21(31)28-16-5-4-15(9-23)27-12-16/h3-8,10-12,25H,24H2,1-2H3,(H,28,31)(H,29,32). The van der Waals surface area contributed by atoms with Crippen LogP contribution in [0, 0.1) is 16.7 Å². The summed E-state index contributed by atoms with van der Waals surface area (Å²) >= 11 is 0. The topological polar surface area (TPSA) is 161 Å². The summed E-state index contributed by atoms with van der Waals surface area (Å²) in [4.78, 5) is 33.9. The van der Waals surface area contributed by atoms with Crippen molar-refractivity contribution in [2.24, 2.45) is 0 Å². The molecule has 0 bridgehead atoms. The van der Waals surface area contributed by atoms with Gasteiger partial charge in [-0.3, -0.25) is 15.2 Å². The fourth-order valence-corrected chi connectivity index (χ4v) is 2.70. The number of carbonyl (C=O) groups excluding carboxylic acids is 2. The lowest BCUT2D eigenvalue weighted by Gasteiger charge is -2.13. The molecule has 32 heavy (non-hydrogen) atoms. The molecule has 10 heteroatoms. The molecule has 0 atom stereocenters. The molecule has 3 rings (SSSR count). The van der Waals surface area contributed by atoms with Gasteiger partial charge in [0, 0.05) is 37.1 Å². The van der Waals surface area contributed by atoms with E-state index in [2.05, 4.69) is 20.6 Å². The van der Waals surface area contributed by atoms with Crippen molar-refractivity contribution in [3.8, 4) is 17.2 Å². The Morgan fingerprint density at radius 3 is 2.47 bits per heavy atom. The third-order valence-corrected chi connectivity index (χ3v) is 4.41. The van der Waals surface area contributed by atoms with Gasteiger partial charge in [-0.25, -0.2) is 9.78 Å². The zero-order valence-electron chi connectivity index (χ0n) is 17.4. The highest BCUT2D eigenvalue weighted by molar-refractivity contribution is 6.48. The molecule has 0 saturated carbocycles. The maximum Gasteiger partial charge on any atom is 0.321 e. The lowest BCUT2D eigenvalue weighted by Crippen LogP contribution is -2.27. The van der Waals surface area contributed by atoms with E-state index in [4.69, 9.17) is 16.4 Å².